The summed E-state index contributed by atoms with van der Waals surface area (Å²) in [6, 6.07) is 1.07. The first-order valence-corrected chi connectivity index (χ1v) is 6.34. The molecule has 0 saturated carbocycles. The van der Waals surface area contributed by atoms with Crippen LogP contribution in [0, 0.1) is 0 Å². The quantitative estimate of drug-likeness (QED) is 0.495. The number of hydrogen-bond donors (Lipinski definition) is 2. The van der Waals surface area contributed by atoms with Crippen LogP contribution in [0.1, 0.15) is 0 Å². The van der Waals surface area contributed by atoms with Crippen LogP contribution >= 0.6 is 54.2 Å². The minimum atomic E-state index is -4.71. The van der Waals surface area contributed by atoms with E-state index in [1.54, 1.807) is 0 Å². The van der Waals surface area contributed by atoms with E-state index in [1.807, 2.05) is 0 Å². The molecular formula is C6H3Cl4O4P. The minimum Gasteiger partial charge on any atom is -0.403 e. The van der Waals surface area contributed by atoms with Crippen molar-refractivity contribution in [3.63, 3.8) is 0 Å². The molecule has 0 aliphatic heterocycles. The molecule has 1 aromatic rings. The van der Waals surface area contributed by atoms with E-state index >= 15 is 0 Å². The molecule has 0 fully saturated rings. The van der Waals surface area contributed by atoms with E-state index in [0.717, 1.165) is 6.07 Å². The molecule has 1 rings (SSSR count). The molecule has 1 aromatic carbocycles. The lowest BCUT2D eigenvalue weighted by Gasteiger charge is -2.10. The summed E-state index contributed by atoms with van der Waals surface area (Å²) in [5.41, 5.74) is 0. The van der Waals surface area contributed by atoms with Crippen molar-refractivity contribution < 1.29 is 18.9 Å². The Kier molecular flexibility index (Phi) is 4.18. The molecule has 0 aliphatic rings. The van der Waals surface area contributed by atoms with Crippen LogP contribution in [0.25, 0.3) is 0 Å². The van der Waals surface area contributed by atoms with Gasteiger partial charge in [-0.3, -0.25) is 9.79 Å². The van der Waals surface area contributed by atoms with Crippen molar-refractivity contribution in [3.05, 3.63) is 26.2 Å². The number of phosphoric ester groups is 1. The molecule has 0 aromatic heterocycles. The molecule has 0 heterocycles. The number of halogens is 4. The van der Waals surface area contributed by atoms with Gasteiger partial charge in [-0.25, -0.2) is 4.57 Å². The fourth-order valence-corrected chi connectivity index (χ4v) is 2.02. The molecule has 0 atom stereocenters. The Bertz CT molecular complexity index is 443. The highest BCUT2D eigenvalue weighted by Gasteiger charge is 2.21. The molecule has 0 saturated heterocycles. The molecular weight excluding hydrogens is 309 g/mol. The third kappa shape index (κ3) is 3.40. The summed E-state index contributed by atoms with van der Waals surface area (Å²) in [6.07, 6.45) is 0. The maximum atomic E-state index is 10.6. The maximum Gasteiger partial charge on any atom is 0.524 e. The highest BCUT2D eigenvalue weighted by atomic mass is 35.5. The fourth-order valence-electron chi connectivity index (χ4n) is 0.746. The second-order valence-corrected chi connectivity index (χ2v) is 5.09. The molecule has 9 heteroatoms. The summed E-state index contributed by atoms with van der Waals surface area (Å²) in [7, 11) is -4.71. The first-order valence-electron chi connectivity index (χ1n) is 3.30. The Morgan fingerprint density at radius 1 is 1.07 bits per heavy atom. The second-order valence-electron chi connectivity index (χ2n) is 2.38. The van der Waals surface area contributed by atoms with E-state index in [2.05, 4.69) is 4.52 Å². The van der Waals surface area contributed by atoms with Gasteiger partial charge in [0.2, 0.25) is 0 Å². The van der Waals surface area contributed by atoms with E-state index < -0.39 is 7.82 Å². The third-order valence-electron chi connectivity index (χ3n) is 1.29. The zero-order valence-electron chi connectivity index (χ0n) is 6.75. The zero-order valence-corrected chi connectivity index (χ0v) is 10.7. The number of rotatable bonds is 2. The van der Waals surface area contributed by atoms with Crippen molar-refractivity contribution in [1.29, 1.82) is 0 Å². The monoisotopic (exact) mass is 310 g/mol. The second kappa shape index (κ2) is 4.68. The van der Waals surface area contributed by atoms with Gasteiger partial charge < -0.3 is 4.52 Å². The summed E-state index contributed by atoms with van der Waals surface area (Å²) in [5.74, 6) is -0.329. The van der Waals surface area contributed by atoms with Gasteiger partial charge in [0.25, 0.3) is 0 Å². The Morgan fingerprint density at radius 3 is 2.07 bits per heavy atom. The lowest BCUT2D eigenvalue weighted by molar-refractivity contribution is 0.283. The zero-order chi connectivity index (χ0) is 11.8. The summed E-state index contributed by atoms with van der Waals surface area (Å²) in [5, 5.41) is -0.375. The van der Waals surface area contributed by atoms with Crippen molar-refractivity contribution in [3.8, 4) is 5.75 Å². The van der Waals surface area contributed by atoms with Gasteiger partial charge in [-0.15, -0.1) is 0 Å². The van der Waals surface area contributed by atoms with Crippen LogP contribution in [0.2, 0.25) is 20.1 Å². The topological polar surface area (TPSA) is 66.8 Å². The summed E-state index contributed by atoms with van der Waals surface area (Å²) >= 11 is 22.5. The maximum absolute atomic E-state index is 10.6. The van der Waals surface area contributed by atoms with Gasteiger partial charge in [-0.1, -0.05) is 46.4 Å². The highest BCUT2D eigenvalue weighted by molar-refractivity contribution is 7.46. The van der Waals surface area contributed by atoms with Crippen molar-refractivity contribution in [2.24, 2.45) is 0 Å². The lowest BCUT2D eigenvalue weighted by atomic mass is 10.3. The molecule has 0 radical (unpaired) electrons. The first-order chi connectivity index (χ1) is 6.72. The SMILES string of the molecule is O=P(O)(O)Oc1cc(Cl)c(Cl)c(Cl)c1Cl. The van der Waals surface area contributed by atoms with E-state index in [4.69, 9.17) is 56.2 Å². The minimum absolute atomic E-state index is 0.0126. The largest absolute Gasteiger partial charge is 0.524 e. The fraction of sp³-hybridized carbons (Fsp3) is 0. The van der Waals surface area contributed by atoms with Crippen LogP contribution in [0.5, 0.6) is 5.75 Å². The average molecular weight is 312 g/mol. The molecule has 0 amide bonds. The predicted molar refractivity (Wildman–Crippen MR) is 59.2 cm³/mol. The summed E-state index contributed by atoms with van der Waals surface area (Å²) in [4.78, 5) is 17.1. The Balaban J connectivity index is 3.27. The molecule has 15 heavy (non-hydrogen) atoms. The highest BCUT2D eigenvalue weighted by Crippen LogP contribution is 2.47. The molecule has 0 spiro atoms. The Labute approximate surface area is 105 Å². The molecule has 0 bridgehead atoms. The summed E-state index contributed by atoms with van der Waals surface area (Å²) < 4.78 is 14.8. The third-order valence-corrected chi connectivity index (χ3v) is 3.46. The smallest absolute Gasteiger partial charge is 0.403 e. The van der Waals surface area contributed by atoms with Crippen molar-refractivity contribution in [1.82, 2.24) is 0 Å². The van der Waals surface area contributed by atoms with Crippen molar-refractivity contribution in [2.45, 2.75) is 0 Å². The van der Waals surface area contributed by atoms with Crippen molar-refractivity contribution >= 4 is 54.2 Å². The van der Waals surface area contributed by atoms with Gasteiger partial charge >= 0.3 is 7.82 Å². The van der Waals surface area contributed by atoms with E-state index in [9.17, 15) is 4.57 Å². The molecule has 2 N–H and O–H groups in total. The van der Waals surface area contributed by atoms with Crippen LogP contribution in [0.4, 0.5) is 0 Å². The van der Waals surface area contributed by atoms with Gasteiger partial charge in [-0.2, -0.15) is 0 Å². The van der Waals surface area contributed by atoms with Gasteiger partial charge in [0.1, 0.15) is 5.02 Å². The average Bonchev–Trinajstić information content (AvgIpc) is 2.08. The van der Waals surface area contributed by atoms with Crippen LogP contribution in [0.3, 0.4) is 0 Å². The number of phosphoric acid groups is 1. The normalized spacial score (nSPS) is 11.6. The van der Waals surface area contributed by atoms with Crippen LogP contribution in [0.15, 0.2) is 6.07 Å². The molecule has 0 unspecified atom stereocenters. The van der Waals surface area contributed by atoms with Gasteiger partial charge in [0.05, 0.1) is 15.1 Å². The Hall–Kier alpha value is 0.330. The first kappa shape index (κ1) is 13.4. The number of hydrogen-bond acceptors (Lipinski definition) is 2. The van der Waals surface area contributed by atoms with Crippen LogP contribution in [-0.2, 0) is 4.57 Å². The van der Waals surface area contributed by atoms with E-state index in [-0.39, 0.29) is 25.8 Å². The van der Waals surface area contributed by atoms with Crippen LogP contribution in [-0.4, -0.2) is 9.79 Å². The van der Waals surface area contributed by atoms with E-state index in [1.165, 1.54) is 0 Å². The van der Waals surface area contributed by atoms with Gasteiger partial charge in [0, 0.05) is 6.07 Å². The van der Waals surface area contributed by atoms with Crippen molar-refractivity contribution in [2.75, 3.05) is 0 Å². The standard InChI is InChI=1S/C6H3Cl4O4P/c7-2-1-3(14-15(11,12)13)5(9)6(10)4(2)8/h1H,(H2,11,12,13). The predicted octanol–water partition coefficient (Wildman–Crippen LogP) is 3.77. The Morgan fingerprint density at radius 2 is 1.60 bits per heavy atom. The lowest BCUT2D eigenvalue weighted by Crippen LogP contribution is -1.92. The molecule has 0 aliphatic carbocycles. The molecule has 84 valence electrons. The summed E-state index contributed by atoms with van der Waals surface area (Å²) in [6.45, 7) is 0. The molecule has 4 nitrogen and oxygen atoms in total. The van der Waals surface area contributed by atoms with E-state index in [0.29, 0.717) is 0 Å². The van der Waals surface area contributed by atoms with Gasteiger partial charge in [-0.05, 0) is 0 Å². The van der Waals surface area contributed by atoms with Crippen LogP contribution < -0.4 is 4.52 Å². The van der Waals surface area contributed by atoms with Gasteiger partial charge in [0.15, 0.2) is 5.75 Å². The number of benzene rings is 1.